The third-order valence-electron chi connectivity index (χ3n) is 10.9. The first-order chi connectivity index (χ1) is 27.8. The van der Waals surface area contributed by atoms with Crippen molar-refractivity contribution in [3.63, 3.8) is 0 Å². The number of fused-ring (bicyclic) bond motifs is 9. The molecule has 0 bridgehead atoms. The molecule has 5 nitrogen and oxygen atoms in total. The van der Waals surface area contributed by atoms with Crippen LogP contribution in [-0.4, -0.2) is 24.9 Å². The summed E-state index contributed by atoms with van der Waals surface area (Å²) in [7, 11) is 0. The lowest BCUT2D eigenvalue weighted by Gasteiger charge is -2.40. The maximum absolute atomic E-state index is 5.26. The van der Waals surface area contributed by atoms with Crippen LogP contribution in [0.1, 0.15) is 22.3 Å². The molecule has 6 heteroatoms. The zero-order valence-electron chi connectivity index (χ0n) is 30.0. The van der Waals surface area contributed by atoms with Crippen molar-refractivity contribution in [3.05, 3.63) is 211 Å². The van der Waals surface area contributed by atoms with E-state index >= 15 is 0 Å². The number of nitrogens with zero attached hydrogens (tertiary/aromatic N) is 5. The Morgan fingerprint density at radius 1 is 0.339 bits per heavy atom. The van der Waals surface area contributed by atoms with Gasteiger partial charge in [-0.05, 0) is 39.4 Å². The first kappa shape index (κ1) is 32.4. The van der Waals surface area contributed by atoms with E-state index in [-0.39, 0.29) is 0 Å². The van der Waals surface area contributed by atoms with Gasteiger partial charge in [-0.15, -0.1) is 0 Å². The van der Waals surface area contributed by atoms with Gasteiger partial charge in [0.25, 0.3) is 0 Å². The maximum Gasteiger partial charge on any atom is 0.165 e. The van der Waals surface area contributed by atoms with E-state index < -0.39 is 5.41 Å². The Bertz CT molecular complexity index is 2900. The van der Waals surface area contributed by atoms with Crippen LogP contribution in [0.25, 0.3) is 67.8 Å². The summed E-state index contributed by atoms with van der Waals surface area (Å²) in [6.07, 6.45) is 3.61. The largest absolute Gasteiger partial charge is 0.260 e. The monoisotopic (exact) mass is 733 g/mol. The average molecular weight is 734 g/mol. The zero-order valence-corrected chi connectivity index (χ0v) is 30.9. The van der Waals surface area contributed by atoms with Crippen LogP contribution in [-0.2, 0) is 5.41 Å². The highest BCUT2D eigenvalue weighted by atomic mass is 32.2. The van der Waals surface area contributed by atoms with Crippen LogP contribution in [0.15, 0.2) is 198 Å². The molecule has 0 amide bonds. The summed E-state index contributed by atoms with van der Waals surface area (Å²) in [4.78, 5) is 27.4. The first-order valence-electron chi connectivity index (χ1n) is 18.7. The molecular formula is C50H31N5S. The van der Waals surface area contributed by atoms with E-state index in [0.717, 1.165) is 44.1 Å². The van der Waals surface area contributed by atoms with Gasteiger partial charge in [0.2, 0.25) is 0 Å². The van der Waals surface area contributed by atoms with Crippen LogP contribution >= 0.6 is 11.8 Å². The summed E-state index contributed by atoms with van der Waals surface area (Å²) in [6.45, 7) is 0. The highest BCUT2D eigenvalue weighted by Gasteiger charge is 2.50. The number of hydrogen-bond donors (Lipinski definition) is 0. The van der Waals surface area contributed by atoms with Crippen molar-refractivity contribution in [3.8, 4) is 67.8 Å². The number of rotatable bonds is 5. The molecule has 0 atom stereocenters. The quantitative estimate of drug-likeness (QED) is 0.175. The fraction of sp³-hybridized carbons (Fsp3) is 0.0200. The van der Waals surface area contributed by atoms with Crippen LogP contribution < -0.4 is 0 Å². The van der Waals surface area contributed by atoms with E-state index in [2.05, 4.69) is 132 Å². The molecule has 11 rings (SSSR count). The van der Waals surface area contributed by atoms with E-state index in [1.165, 1.54) is 38.3 Å². The lowest BCUT2D eigenvalue weighted by molar-refractivity contribution is 0.722. The van der Waals surface area contributed by atoms with Gasteiger partial charge in [-0.3, -0.25) is 4.98 Å². The van der Waals surface area contributed by atoms with E-state index in [4.69, 9.17) is 19.9 Å². The van der Waals surface area contributed by atoms with Gasteiger partial charge in [-0.1, -0.05) is 182 Å². The summed E-state index contributed by atoms with van der Waals surface area (Å²) in [5.74, 6) is 1.87. The van der Waals surface area contributed by atoms with Crippen molar-refractivity contribution in [2.45, 2.75) is 15.2 Å². The molecule has 2 aliphatic rings. The van der Waals surface area contributed by atoms with Crippen LogP contribution in [0.3, 0.4) is 0 Å². The first-order valence-corrected chi connectivity index (χ1v) is 19.5. The van der Waals surface area contributed by atoms with Gasteiger partial charge >= 0.3 is 0 Å². The molecule has 0 N–H and O–H groups in total. The molecule has 0 radical (unpaired) electrons. The standard InChI is InChI=1S/C50H31N5S/c1-3-14-32(15-4-1)43-30-51-31-44(52-43)33-26-28-35(29-27-33)48-53-47(34-16-5-2-6-17-34)54-49(55-48)38-20-13-24-42-46(38)56-45-25-12-11-23-41(45)50(42)39-21-9-7-18-36(39)37-19-8-10-22-40(37)50/h1-31H. The van der Waals surface area contributed by atoms with Gasteiger partial charge in [0, 0.05) is 37.6 Å². The third-order valence-corrected chi connectivity index (χ3v) is 12.1. The maximum atomic E-state index is 5.26. The molecule has 1 spiro atoms. The lowest BCUT2D eigenvalue weighted by Crippen LogP contribution is -2.32. The highest BCUT2D eigenvalue weighted by molar-refractivity contribution is 7.99. The average Bonchev–Trinajstić information content (AvgIpc) is 3.57. The Morgan fingerprint density at radius 3 is 1.46 bits per heavy atom. The van der Waals surface area contributed by atoms with Gasteiger partial charge in [0.1, 0.15) is 0 Å². The molecule has 7 aromatic carbocycles. The summed E-state index contributed by atoms with van der Waals surface area (Å²) in [5.41, 5.74) is 13.6. The second-order valence-electron chi connectivity index (χ2n) is 14.0. The molecule has 1 aliphatic carbocycles. The van der Waals surface area contributed by atoms with Crippen molar-refractivity contribution >= 4 is 11.8 Å². The molecular weight excluding hydrogens is 703 g/mol. The Kier molecular flexibility index (Phi) is 7.57. The van der Waals surface area contributed by atoms with Gasteiger partial charge in [0.05, 0.1) is 29.2 Å². The van der Waals surface area contributed by atoms with E-state index in [1.807, 2.05) is 48.5 Å². The fourth-order valence-corrected chi connectivity index (χ4v) is 9.74. The minimum absolute atomic E-state index is 0.491. The van der Waals surface area contributed by atoms with E-state index in [0.29, 0.717) is 17.5 Å². The van der Waals surface area contributed by atoms with Gasteiger partial charge in [0.15, 0.2) is 17.5 Å². The molecule has 0 saturated carbocycles. The fourth-order valence-electron chi connectivity index (χ4n) is 8.44. The molecule has 0 saturated heterocycles. The molecule has 1 aliphatic heterocycles. The van der Waals surface area contributed by atoms with Crippen LogP contribution in [0.4, 0.5) is 0 Å². The van der Waals surface area contributed by atoms with Crippen molar-refractivity contribution < 1.29 is 0 Å². The minimum Gasteiger partial charge on any atom is -0.260 e. The van der Waals surface area contributed by atoms with Crippen LogP contribution in [0.2, 0.25) is 0 Å². The molecule has 9 aromatic rings. The second-order valence-corrected chi connectivity index (χ2v) is 15.1. The number of aromatic nitrogens is 5. The van der Waals surface area contributed by atoms with Gasteiger partial charge in [-0.2, -0.15) is 0 Å². The SMILES string of the molecule is c1ccc(-c2cncc(-c3ccc(-c4nc(-c5ccccc5)nc(-c5cccc6c5Sc5ccccc5C65c6ccccc6-c6ccccc65)n4)cc3)n2)cc1. The number of hydrogen-bond acceptors (Lipinski definition) is 6. The predicted octanol–water partition coefficient (Wildman–Crippen LogP) is 11.8. The van der Waals surface area contributed by atoms with Crippen LogP contribution in [0, 0.1) is 0 Å². The van der Waals surface area contributed by atoms with Crippen molar-refractivity contribution in [2.75, 3.05) is 0 Å². The lowest BCUT2D eigenvalue weighted by atomic mass is 9.67. The molecule has 2 aromatic heterocycles. The second kappa shape index (κ2) is 13.1. The van der Waals surface area contributed by atoms with Gasteiger partial charge in [-0.25, -0.2) is 19.9 Å². The predicted molar refractivity (Wildman–Crippen MR) is 224 cm³/mol. The Hall–Kier alpha value is -7.02. The van der Waals surface area contributed by atoms with E-state index in [1.54, 1.807) is 24.2 Å². The summed E-state index contributed by atoms with van der Waals surface area (Å²) >= 11 is 1.80. The summed E-state index contributed by atoms with van der Waals surface area (Å²) in [5, 5.41) is 0. The van der Waals surface area contributed by atoms with E-state index in [9.17, 15) is 0 Å². The zero-order chi connectivity index (χ0) is 37.1. The smallest absolute Gasteiger partial charge is 0.165 e. The summed E-state index contributed by atoms with van der Waals surface area (Å²) < 4.78 is 0. The Labute approximate surface area is 328 Å². The highest BCUT2D eigenvalue weighted by Crippen LogP contribution is 2.63. The van der Waals surface area contributed by atoms with Crippen molar-refractivity contribution in [1.82, 2.24) is 24.9 Å². The Balaban J connectivity index is 1.08. The molecule has 56 heavy (non-hydrogen) atoms. The topological polar surface area (TPSA) is 64.5 Å². The molecule has 3 heterocycles. The van der Waals surface area contributed by atoms with Crippen LogP contribution in [0.5, 0.6) is 0 Å². The number of benzene rings is 7. The molecule has 0 fully saturated rings. The molecule has 0 unspecified atom stereocenters. The molecule has 262 valence electrons. The van der Waals surface area contributed by atoms with Gasteiger partial charge < -0.3 is 0 Å². The minimum atomic E-state index is -0.491. The Morgan fingerprint density at radius 2 is 0.804 bits per heavy atom. The van der Waals surface area contributed by atoms with Crippen molar-refractivity contribution in [1.29, 1.82) is 0 Å². The van der Waals surface area contributed by atoms with Crippen molar-refractivity contribution in [2.24, 2.45) is 0 Å². The normalized spacial score (nSPS) is 13.1. The third kappa shape index (κ3) is 5.07. The summed E-state index contributed by atoms with van der Waals surface area (Å²) in [6, 6.07) is 61.8.